The number of nitriles is 1. The molecule has 0 saturated carbocycles. The Morgan fingerprint density at radius 1 is 0.596 bits per heavy atom. The van der Waals surface area contributed by atoms with Gasteiger partial charge in [0, 0.05) is 24.2 Å². The van der Waals surface area contributed by atoms with Gasteiger partial charge in [0.05, 0.1) is 31.3 Å². The van der Waals surface area contributed by atoms with E-state index in [4.69, 9.17) is 14.0 Å². The Morgan fingerprint density at radius 3 is 1.46 bits per heavy atom. The fraction of sp³-hybridized carbons (Fsp3) is 0.844. The van der Waals surface area contributed by atoms with Gasteiger partial charge in [-0.1, -0.05) is 111 Å². The van der Waals surface area contributed by atoms with E-state index in [-0.39, 0.29) is 12.0 Å². The molecule has 0 aliphatic rings. The van der Waals surface area contributed by atoms with Gasteiger partial charge in [0.2, 0.25) is 0 Å². The summed E-state index contributed by atoms with van der Waals surface area (Å²) in [4.78, 5) is 0. The minimum absolute atomic E-state index is 0.169. The highest BCUT2D eigenvalue weighted by molar-refractivity contribution is 7.47. The summed E-state index contributed by atoms with van der Waals surface area (Å²) >= 11 is 0. The second kappa shape index (κ2) is 28.1. The molecule has 0 fully saturated rings. The molecule has 7 heteroatoms. The van der Waals surface area contributed by atoms with Crippen LogP contribution in [-0.4, -0.2) is 52.8 Å². The summed E-state index contributed by atoms with van der Waals surface area (Å²) in [5.74, 6) is 2.95. The molecule has 0 bridgehead atoms. The summed E-state index contributed by atoms with van der Waals surface area (Å²) in [7, 11) is -1.09. The Labute approximate surface area is 325 Å². The number of unbranched alkanes of at least 4 members (excludes halogenated alkanes) is 8. The number of hydrogen-bond donors (Lipinski definition) is 0. The largest absolute Gasteiger partial charge is 0.490 e. The molecule has 0 aliphatic carbocycles. The predicted octanol–water partition coefficient (Wildman–Crippen LogP) is 13.8. The standard InChI is InChI=1S/C45H84N3O3P/c1-14-25-43(51-52(47(37(6)7)38(8)9)48(39(10)11)40(12)13)42(34-46)32-41-28-29-44(49-30-23-19-15-17-21-26-35(2)3)45(33-41)50-31-24-20-16-18-22-27-36(4)5/h28-29,33,35-40,42-43H,14-27,30-32H2,1-13H3. The van der Waals surface area contributed by atoms with Crippen LogP contribution in [-0.2, 0) is 10.9 Å². The second-order valence-corrected chi connectivity index (χ2v) is 18.8. The number of ether oxygens (including phenoxy) is 2. The molecular weight excluding hydrogens is 661 g/mol. The van der Waals surface area contributed by atoms with Crippen LogP contribution in [0, 0.1) is 29.1 Å². The van der Waals surface area contributed by atoms with Gasteiger partial charge in [0.15, 0.2) is 19.9 Å². The maximum absolute atomic E-state index is 10.7. The van der Waals surface area contributed by atoms with Crippen LogP contribution >= 0.6 is 8.45 Å². The maximum atomic E-state index is 10.7. The van der Waals surface area contributed by atoms with E-state index in [0.717, 1.165) is 54.6 Å². The van der Waals surface area contributed by atoms with Gasteiger partial charge < -0.3 is 14.0 Å². The van der Waals surface area contributed by atoms with Crippen LogP contribution in [0.4, 0.5) is 0 Å². The van der Waals surface area contributed by atoms with Gasteiger partial charge in [0.1, 0.15) is 0 Å². The Bertz CT molecular complexity index is 1030. The fourth-order valence-corrected chi connectivity index (χ4v) is 9.64. The van der Waals surface area contributed by atoms with Gasteiger partial charge in [-0.25, -0.2) is 9.34 Å². The van der Waals surface area contributed by atoms with Crippen molar-refractivity contribution in [1.29, 1.82) is 5.26 Å². The SMILES string of the molecule is CCCC(OP(N(C(C)C)C(C)C)N(C(C)C)C(C)C)C(C#N)Cc1ccc(OCCCCCCCC(C)C)c(OCCCCCCCC(C)C)c1. The third-order valence-electron chi connectivity index (χ3n) is 9.76. The molecule has 0 aromatic heterocycles. The first-order chi connectivity index (χ1) is 24.7. The van der Waals surface area contributed by atoms with Crippen LogP contribution in [0.1, 0.15) is 185 Å². The Balaban J connectivity index is 3.18. The van der Waals surface area contributed by atoms with Gasteiger partial charge in [-0.15, -0.1) is 0 Å². The van der Waals surface area contributed by atoms with Crippen LogP contribution in [0.5, 0.6) is 11.5 Å². The number of rotatable bonds is 31. The zero-order valence-electron chi connectivity index (χ0n) is 36.4. The van der Waals surface area contributed by atoms with Crippen LogP contribution < -0.4 is 9.47 Å². The van der Waals surface area contributed by atoms with Crippen molar-refractivity contribution in [1.82, 2.24) is 9.34 Å². The van der Waals surface area contributed by atoms with E-state index in [0.29, 0.717) is 43.8 Å². The molecule has 1 aromatic carbocycles. The summed E-state index contributed by atoms with van der Waals surface area (Å²) in [6, 6.07) is 10.4. The normalized spacial score (nSPS) is 13.6. The molecule has 2 unspecified atom stereocenters. The first-order valence-corrected chi connectivity index (χ1v) is 22.7. The monoisotopic (exact) mass is 746 g/mol. The third-order valence-corrected chi connectivity index (χ3v) is 12.9. The first-order valence-electron chi connectivity index (χ1n) is 21.5. The van der Waals surface area contributed by atoms with Crippen molar-refractivity contribution in [3.63, 3.8) is 0 Å². The Kier molecular flexibility index (Phi) is 26.3. The minimum atomic E-state index is -1.09. The van der Waals surface area contributed by atoms with Gasteiger partial charge in [-0.3, -0.25) is 0 Å². The highest BCUT2D eigenvalue weighted by Gasteiger charge is 2.38. The lowest BCUT2D eigenvalue weighted by molar-refractivity contribution is 0.112. The zero-order chi connectivity index (χ0) is 39.1. The van der Waals surface area contributed by atoms with E-state index in [1.165, 1.54) is 64.2 Å². The number of hydrogen-bond acceptors (Lipinski definition) is 6. The fourth-order valence-electron chi connectivity index (χ4n) is 7.10. The molecule has 0 N–H and O–H groups in total. The summed E-state index contributed by atoms with van der Waals surface area (Å²) in [5.41, 5.74) is 1.11. The molecule has 0 spiro atoms. The minimum Gasteiger partial charge on any atom is -0.490 e. The zero-order valence-corrected chi connectivity index (χ0v) is 37.3. The van der Waals surface area contributed by atoms with E-state index in [1.54, 1.807) is 0 Å². The van der Waals surface area contributed by atoms with Gasteiger partial charge in [-0.2, -0.15) is 5.26 Å². The Hall–Kier alpha value is -1.38. The Morgan fingerprint density at radius 2 is 1.04 bits per heavy atom. The summed E-state index contributed by atoms with van der Waals surface area (Å²) in [5, 5.41) is 10.7. The van der Waals surface area contributed by atoms with Crippen molar-refractivity contribution in [3.8, 4) is 17.6 Å². The topological polar surface area (TPSA) is 58.0 Å². The molecule has 0 aliphatic heterocycles. The van der Waals surface area contributed by atoms with E-state index in [1.807, 2.05) is 0 Å². The van der Waals surface area contributed by atoms with Gasteiger partial charge in [0.25, 0.3) is 0 Å². The van der Waals surface area contributed by atoms with E-state index >= 15 is 0 Å². The highest BCUT2D eigenvalue weighted by Crippen LogP contribution is 2.53. The van der Waals surface area contributed by atoms with Crippen molar-refractivity contribution < 1.29 is 14.0 Å². The highest BCUT2D eigenvalue weighted by atomic mass is 31.2. The molecule has 0 saturated heterocycles. The number of nitrogens with zero attached hydrogens (tertiary/aromatic N) is 3. The van der Waals surface area contributed by atoms with Crippen molar-refractivity contribution in [2.45, 2.75) is 217 Å². The molecule has 2 atom stereocenters. The molecule has 302 valence electrons. The van der Waals surface area contributed by atoms with Crippen LogP contribution in [0.3, 0.4) is 0 Å². The third kappa shape index (κ3) is 19.8. The van der Waals surface area contributed by atoms with Crippen molar-refractivity contribution >= 4 is 8.45 Å². The molecule has 0 radical (unpaired) electrons. The molecule has 52 heavy (non-hydrogen) atoms. The molecule has 6 nitrogen and oxygen atoms in total. The molecule has 1 aromatic rings. The molecule has 1 rings (SSSR count). The van der Waals surface area contributed by atoms with Crippen molar-refractivity contribution in [2.75, 3.05) is 13.2 Å². The number of benzene rings is 1. The average Bonchev–Trinajstić information content (AvgIpc) is 3.05. The quantitative estimate of drug-likeness (QED) is 0.0557. The van der Waals surface area contributed by atoms with Crippen molar-refractivity contribution in [2.24, 2.45) is 17.8 Å². The van der Waals surface area contributed by atoms with Crippen LogP contribution in [0.15, 0.2) is 18.2 Å². The van der Waals surface area contributed by atoms with E-state index in [2.05, 4.69) is 124 Å². The first kappa shape index (κ1) is 48.6. The maximum Gasteiger partial charge on any atom is 0.189 e. The van der Waals surface area contributed by atoms with E-state index < -0.39 is 8.45 Å². The predicted molar refractivity (Wildman–Crippen MR) is 226 cm³/mol. The van der Waals surface area contributed by atoms with Crippen LogP contribution in [0.25, 0.3) is 0 Å². The lowest BCUT2D eigenvalue weighted by Crippen LogP contribution is -2.44. The smallest absolute Gasteiger partial charge is 0.189 e. The summed E-state index contributed by atoms with van der Waals surface area (Å²) < 4.78 is 25.1. The van der Waals surface area contributed by atoms with E-state index in [9.17, 15) is 5.26 Å². The van der Waals surface area contributed by atoms with Gasteiger partial charge in [-0.05, 0) is 111 Å². The summed E-state index contributed by atoms with van der Waals surface area (Å²) in [6.07, 6.45) is 17.2. The lowest BCUT2D eigenvalue weighted by atomic mass is 9.92. The molecule has 0 heterocycles. The summed E-state index contributed by atoms with van der Waals surface area (Å²) in [6.45, 7) is 30.9. The molecular formula is C45H84N3O3P. The van der Waals surface area contributed by atoms with Crippen molar-refractivity contribution in [3.05, 3.63) is 23.8 Å². The lowest BCUT2D eigenvalue weighted by Gasteiger charge is -2.47. The average molecular weight is 746 g/mol. The molecule has 0 amide bonds. The second-order valence-electron chi connectivity index (χ2n) is 17.1. The van der Waals surface area contributed by atoms with Crippen LogP contribution in [0.2, 0.25) is 0 Å². The van der Waals surface area contributed by atoms with Gasteiger partial charge >= 0.3 is 0 Å².